The van der Waals surface area contributed by atoms with Crippen LogP contribution in [0, 0.1) is 6.92 Å². The third-order valence-electron chi connectivity index (χ3n) is 2.48. The Labute approximate surface area is 101 Å². The lowest BCUT2D eigenvalue weighted by atomic mass is 10.1. The standard InChI is InChI=1S/C13H16N4/c1-3-6-15-13-16-8-5-12(17-13)11-4-7-14-9-10(11)2/h4-5,7-9H,3,6H2,1-2H3,(H,15,16,17). The Bertz CT molecular complexity index is 496. The molecule has 0 aliphatic heterocycles. The fraction of sp³-hybridized carbons (Fsp3) is 0.308. The maximum absolute atomic E-state index is 4.49. The maximum atomic E-state index is 4.49. The average Bonchev–Trinajstić information content (AvgIpc) is 2.37. The van der Waals surface area contributed by atoms with Gasteiger partial charge in [0.25, 0.3) is 0 Å². The van der Waals surface area contributed by atoms with Crippen molar-refractivity contribution in [3.8, 4) is 11.3 Å². The summed E-state index contributed by atoms with van der Waals surface area (Å²) in [6, 6.07) is 3.89. The second kappa shape index (κ2) is 5.39. The van der Waals surface area contributed by atoms with Crippen LogP contribution in [0.1, 0.15) is 18.9 Å². The number of nitrogens with one attached hydrogen (secondary N) is 1. The highest BCUT2D eigenvalue weighted by Gasteiger charge is 2.04. The minimum atomic E-state index is 0.681. The van der Waals surface area contributed by atoms with Crippen molar-refractivity contribution < 1.29 is 0 Å². The lowest BCUT2D eigenvalue weighted by Crippen LogP contribution is -2.04. The molecule has 0 saturated carbocycles. The second-order valence-electron chi connectivity index (χ2n) is 3.88. The third kappa shape index (κ3) is 2.78. The van der Waals surface area contributed by atoms with Gasteiger partial charge in [-0.05, 0) is 31.0 Å². The lowest BCUT2D eigenvalue weighted by molar-refractivity contribution is 0.953. The van der Waals surface area contributed by atoms with E-state index in [1.807, 2.05) is 25.3 Å². The summed E-state index contributed by atoms with van der Waals surface area (Å²) >= 11 is 0. The van der Waals surface area contributed by atoms with E-state index in [4.69, 9.17) is 0 Å². The van der Waals surface area contributed by atoms with Crippen LogP contribution in [0.15, 0.2) is 30.7 Å². The number of hydrogen-bond donors (Lipinski definition) is 1. The Balaban J connectivity index is 2.30. The largest absolute Gasteiger partial charge is 0.354 e. The molecule has 2 aromatic rings. The quantitative estimate of drug-likeness (QED) is 0.874. The van der Waals surface area contributed by atoms with Crippen molar-refractivity contribution in [1.29, 1.82) is 0 Å². The van der Waals surface area contributed by atoms with Gasteiger partial charge in [0.2, 0.25) is 5.95 Å². The molecule has 0 spiro atoms. The van der Waals surface area contributed by atoms with Crippen molar-refractivity contribution in [3.63, 3.8) is 0 Å². The summed E-state index contributed by atoms with van der Waals surface area (Å²) in [6.45, 7) is 5.03. The molecule has 0 atom stereocenters. The van der Waals surface area contributed by atoms with E-state index >= 15 is 0 Å². The van der Waals surface area contributed by atoms with Crippen LogP contribution in [0.2, 0.25) is 0 Å². The maximum Gasteiger partial charge on any atom is 0.223 e. The molecule has 0 aromatic carbocycles. The first kappa shape index (κ1) is 11.5. The van der Waals surface area contributed by atoms with Gasteiger partial charge in [-0.1, -0.05) is 6.92 Å². The molecule has 4 nitrogen and oxygen atoms in total. The highest BCUT2D eigenvalue weighted by molar-refractivity contribution is 5.63. The Kier molecular flexibility index (Phi) is 3.65. The number of pyridine rings is 1. The zero-order valence-corrected chi connectivity index (χ0v) is 10.1. The van der Waals surface area contributed by atoms with E-state index in [9.17, 15) is 0 Å². The fourth-order valence-electron chi connectivity index (χ4n) is 1.59. The molecule has 2 rings (SSSR count). The van der Waals surface area contributed by atoms with Crippen molar-refractivity contribution in [2.75, 3.05) is 11.9 Å². The van der Waals surface area contributed by atoms with Crippen LogP contribution in [0.3, 0.4) is 0 Å². The normalized spacial score (nSPS) is 10.2. The number of rotatable bonds is 4. The van der Waals surface area contributed by atoms with Gasteiger partial charge in [0.05, 0.1) is 5.69 Å². The lowest BCUT2D eigenvalue weighted by Gasteiger charge is -2.07. The number of aryl methyl sites for hydroxylation is 1. The average molecular weight is 228 g/mol. The van der Waals surface area contributed by atoms with Gasteiger partial charge >= 0.3 is 0 Å². The number of hydrogen-bond acceptors (Lipinski definition) is 4. The van der Waals surface area contributed by atoms with Crippen molar-refractivity contribution in [2.45, 2.75) is 20.3 Å². The summed E-state index contributed by atoms with van der Waals surface area (Å²) in [5, 5.41) is 3.19. The van der Waals surface area contributed by atoms with Gasteiger partial charge in [0, 0.05) is 30.7 Å². The Morgan fingerprint density at radius 3 is 2.88 bits per heavy atom. The van der Waals surface area contributed by atoms with E-state index in [2.05, 4.69) is 27.2 Å². The summed E-state index contributed by atoms with van der Waals surface area (Å²) in [5.74, 6) is 0.681. The number of aromatic nitrogens is 3. The molecule has 1 N–H and O–H groups in total. The topological polar surface area (TPSA) is 50.7 Å². The van der Waals surface area contributed by atoms with Crippen LogP contribution in [-0.4, -0.2) is 21.5 Å². The van der Waals surface area contributed by atoms with Crippen LogP contribution >= 0.6 is 0 Å². The predicted molar refractivity (Wildman–Crippen MR) is 68.8 cm³/mol. The molecule has 88 valence electrons. The van der Waals surface area contributed by atoms with Crippen LogP contribution in [-0.2, 0) is 0 Å². The number of nitrogens with zero attached hydrogens (tertiary/aromatic N) is 3. The van der Waals surface area contributed by atoms with Gasteiger partial charge in [0.15, 0.2) is 0 Å². The van der Waals surface area contributed by atoms with Gasteiger partial charge in [0.1, 0.15) is 0 Å². The molecule has 0 saturated heterocycles. The van der Waals surface area contributed by atoms with Crippen molar-refractivity contribution in [2.24, 2.45) is 0 Å². The molecule has 2 aromatic heterocycles. The summed E-state index contributed by atoms with van der Waals surface area (Å²) < 4.78 is 0. The Hall–Kier alpha value is -1.97. The monoisotopic (exact) mass is 228 g/mol. The zero-order valence-electron chi connectivity index (χ0n) is 10.1. The molecule has 0 fully saturated rings. The van der Waals surface area contributed by atoms with Crippen molar-refractivity contribution >= 4 is 5.95 Å². The molecule has 2 heterocycles. The summed E-state index contributed by atoms with van der Waals surface area (Å²) in [5.41, 5.74) is 3.15. The zero-order chi connectivity index (χ0) is 12.1. The third-order valence-corrected chi connectivity index (χ3v) is 2.48. The Morgan fingerprint density at radius 1 is 1.24 bits per heavy atom. The van der Waals surface area contributed by atoms with Crippen LogP contribution < -0.4 is 5.32 Å². The van der Waals surface area contributed by atoms with Crippen LogP contribution in [0.4, 0.5) is 5.95 Å². The first-order chi connectivity index (χ1) is 8.31. The van der Waals surface area contributed by atoms with Gasteiger partial charge in [-0.3, -0.25) is 4.98 Å². The molecule has 0 aliphatic rings. The minimum Gasteiger partial charge on any atom is -0.354 e. The van der Waals surface area contributed by atoms with E-state index < -0.39 is 0 Å². The van der Waals surface area contributed by atoms with Gasteiger partial charge in [-0.2, -0.15) is 0 Å². The highest BCUT2D eigenvalue weighted by Crippen LogP contribution is 2.20. The summed E-state index contributed by atoms with van der Waals surface area (Å²) in [4.78, 5) is 12.8. The first-order valence-electron chi connectivity index (χ1n) is 5.79. The molecular weight excluding hydrogens is 212 g/mol. The summed E-state index contributed by atoms with van der Waals surface area (Å²) in [7, 11) is 0. The Morgan fingerprint density at radius 2 is 2.12 bits per heavy atom. The molecule has 17 heavy (non-hydrogen) atoms. The molecule has 4 heteroatoms. The van der Waals surface area contributed by atoms with E-state index in [0.717, 1.165) is 29.8 Å². The van der Waals surface area contributed by atoms with E-state index in [-0.39, 0.29) is 0 Å². The van der Waals surface area contributed by atoms with Gasteiger partial charge in [-0.25, -0.2) is 9.97 Å². The van der Waals surface area contributed by atoms with Crippen LogP contribution in [0.5, 0.6) is 0 Å². The molecule has 0 bridgehead atoms. The highest BCUT2D eigenvalue weighted by atomic mass is 15.1. The number of anilines is 1. The molecule has 0 amide bonds. The van der Waals surface area contributed by atoms with Crippen LogP contribution in [0.25, 0.3) is 11.3 Å². The van der Waals surface area contributed by atoms with Gasteiger partial charge < -0.3 is 5.32 Å². The minimum absolute atomic E-state index is 0.681. The molecule has 0 aliphatic carbocycles. The van der Waals surface area contributed by atoms with Crippen molar-refractivity contribution in [3.05, 3.63) is 36.3 Å². The second-order valence-corrected chi connectivity index (χ2v) is 3.88. The van der Waals surface area contributed by atoms with E-state index in [1.54, 1.807) is 12.4 Å². The molecule has 0 radical (unpaired) electrons. The van der Waals surface area contributed by atoms with Gasteiger partial charge in [-0.15, -0.1) is 0 Å². The molecule has 0 unspecified atom stereocenters. The SMILES string of the molecule is CCCNc1nccc(-c2ccncc2C)n1. The predicted octanol–water partition coefficient (Wildman–Crippen LogP) is 2.67. The van der Waals surface area contributed by atoms with E-state index in [1.165, 1.54) is 0 Å². The first-order valence-corrected chi connectivity index (χ1v) is 5.79. The molecular formula is C13H16N4. The van der Waals surface area contributed by atoms with E-state index in [0.29, 0.717) is 5.95 Å². The fourth-order valence-corrected chi connectivity index (χ4v) is 1.59. The van der Waals surface area contributed by atoms with Crippen molar-refractivity contribution in [1.82, 2.24) is 15.0 Å². The summed E-state index contributed by atoms with van der Waals surface area (Å²) in [6.07, 6.45) is 6.46. The smallest absolute Gasteiger partial charge is 0.223 e.